The fraction of sp³-hybridized carbons (Fsp3) is 0.500. The largest absolute Gasteiger partial charge is 0.370 e. The summed E-state index contributed by atoms with van der Waals surface area (Å²) < 4.78 is 1.99. The zero-order valence-electron chi connectivity index (χ0n) is 11.8. The molecule has 0 fully saturated rings. The highest BCUT2D eigenvalue weighted by molar-refractivity contribution is 5.63. The summed E-state index contributed by atoms with van der Waals surface area (Å²) in [6, 6.07) is 0. The predicted octanol–water partition coefficient (Wildman–Crippen LogP) is 2.65. The second kappa shape index (κ2) is 6.31. The lowest BCUT2D eigenvalue weighted by Crippen LogP contribution is -2.09. The molecule has 102 valence electrons. The minimum atomic E-state index is 0.894. The monoisotopic (exact) mass is 259 g/mol. The van der Waals surface area contributed by atoms with Crippen LogP contribution >= 0.6 is 0 Å². The molecule has 0 unspecified atom stereocenters. The second-order valence-electron chi connectivity index (χ2n) is 4.59. The molecule has 0 radical (unpaired) electrons. The van der Waals surface area contributed by atoms with Gasteiger partial charge in [-0.25, -0.2) is 15.0 Å². The minimum absolute atomic E-state index is 0.894. The molecule has 0 bridgehead atoms. The molecule has 0 aliphatic heterocycles. The topological polar surface area (TPSA) is 55.6 Å². The molecule has 1 N–H and O–H groups in total. The molecular weight excluding hydrogens is 238 g/mol. The smallest absolute Gasteiger partial charge is 0.158 e. The maximum atomic E-state index is 4.43. The van der Waals surface area contributed by atoms with Crippen LogP contribution < -0.4 is 5.32 Å². The van der Waals surface area contributed by atoms with Crippen LogP contribution in [0.5, 0.6) is 0 Å². The Morgan fingerprint density at radius 2 is 2.00 bits per heavy atom. The van der Waals surface area contributed by atoms with Gasteiger partial charge in [-0.15, -0.1) is 0 Å². The third kappa shape index (κ3) is 2.92. The van der Waals surface area contributed by atoms with Crippen LogP contribution in [0.1, 0.15) is 32.3 Å². The Bertz CT molecular complexity index is 532. The van der Waals surface area contributed by atoms with E-state index in [4.69, 9.17) is 0 Å². The van der Waals surface area contributed by atoms with Gasteiger partial charge >= 0.3 is 0 Å². The van der Waals surface area contributed by atoms with Gasteiger partial charge in [-0.3, -0.25) is 0 Å². The summed E-state index contributed by atoms with van der Waals surface area (Å²) in [5.74, 6) is 1.84. The summed E-state index contributed by atoms with van der Waals surface area (Å²) in [7, 11) is 1.99. The second-order valence-corrected chi connectivity index (χ2v) is 4.59. The predicted molar refractivity (Wildman–Crippen MR) is 77.0 cm³/mol. The van der Waals surface area contributed by atoms with Crippen LogP contribution in [0.2, 0.25) is 0 Å². The van der Waals surface area contributed by atoms with E-state index in [1.807, 2.05) is 17.8 Å². The van der Waals surface area contributed by atoms with Crippen LogP contribution in [0.15, 0.2) is 18.7 Å². The van der Waals surface area contributed by atoms with E-state index >= 15 is 0 Å². The molecule has 0 saturated carbocycles. The molecule has 5 heteroatoms. The highest BCUT2D eigenvalue weighted by Crippen LogP contribution is 2.25. The summed E-state index contributed by atoms with van der Waals surface area (Å²) in [4.78, 5) is 13.2. The first-order valence-electron chi connectivity index (χ1n) is 6.83. The summed E-state index contributed by atoms with van der Waals surface area (Å²) >= 11 is 0. The summed E-state index contributed by atoms with van der Waals surface area (Å²) in [6.07, 6.45) is 8.44. The van der Waals surface area contributed by atoms with Gasteiger partial charge in [0.1, 0.15) is 17.8 Å². The molecule has 0 aromatic carbocycles. The Kier molecular flexibility index (Phi) is 4.49. The lowest BCUT2D eigenvalue weighted by atomic mass is 10.1. The van der Waals surface area contributed by atoms with Crippen molar-refractivity contribution in [3.63, 3.8) is 0 Å². The van der Waals surface area contributed by atoms with Gasteiger partial charge in [0, 0.05) is 31.5 Å². The van der Waals surface area contributed by atoms with E-state index in [-0.39, 0.29) is 0 Å². The number of anilines is 1. The Hall–Kier alpha value is -1.91. The van der Waals surface area contributed by atoms with Gasteiger partial charge in [-0.1, -0.05) is 20.3 Å². The van der Waals surface area contributed by atoms with Crippen molar-refractivity contribution in [3.05, 3.63) is 24.3 Å². The molecule has 2 aromatic rings. The maximum absolute atomic E-state index is 4.43. The van der Waals surface area contributed by atoms with Gasteiger partial charge in [0.15, 0.2) is 5.82 Å². The standard InChI is InChI=1S/C14H21N5/c1-4-6-11-12(14-16-8-9-19(14)3)17-10-18-13(11)15-7-5-2/h8-10H,4-7H2,1-3H3,(H,15,17,18). The summed E-state index contributed by atoms with van der Waals surface area (Å²) in [5.41, 5.74) is 2.09. The fourth-order valence-corrected chi connectivity index (χ4v) is 2.08. The highest BCUT2D eigenvalue weighted by atomic mass is 15.1. The molecule has 5 nitrogen and oxygen atoms in total. The molecule has 0 spiro atoms. The molecule has 2 rings (SSSR count). The Morgan fingerprint density at radius 1 is 1.16 bits per heavy atom. The molecule has 0 aliphatic carbocycles. The van der Waals surface area contributed by atoms with Crippen LogP contribution in [0.25, 0.3) is 11.5 Å². The van der Waals surface area contributed by atoms with Gasteiger partial charge in [0.05, 0.1) is 0 Å². The van der Waals surface area contributed by atoms with Gasteiger partial charge in [0.2, 0.25) is 0 Å². The average Bonchev–Trinajstić information content (AvgIpc) is 2.84. The van der Waals surface area contributed by atoms with E-state index in [9.17, 15) is 0 Å². The van der Waals surface area contributed by atoms with Crippen LogP contribution in [0, 0.1) is 0 Å². The molecule has 0 aliphatic rings. The molecule has 0 amide bonds. The number of rotatable bonds is 6. The van der Waals surface area contributed by atoms with E-state index < -0.39 is 0 Å². The fourth-order valence-electron chi connectivity index (χ4n) is 2.08. The summed E-state index contributed by atoms with van der Waals surface area (Å²) in [6.45, 7) is 5.24. The third-order valence-electron chi connectivity index (χ3n) is 3.02. The minimum Gasteiger partial charge on any atom is -0.370 e. The first-order valence-corrected chi connectivity index (χ1v) is 6.83. The average molecular weight is 259 g/mol. The molecule has 19 heavy (non-hydrogen) atoms. The molecular formula is C14H21N5. The zero-order chi connectivity index (χ0) is 13.7. The van der Waals surface area contributed by atoms with E-state index in [1.165, 1.54) is 0 Å². The van der Waals surface area contributed by atoms with Gasteiger partial charge in [-0.2, -0.15) is 0 Å². The van der Waals surface area contributed by atoms with E-state index in [2.05, 4.69) is 34.1 Å². The number of aryl methyl sites for hydroxylation is 1. The third-order valence-corrected chi connectivity index (χ3v) is 3.02. The van der Waals surface area contributed by atoms with Crippen molar-refractivity contribution in [2.45, 2.75) is 33.1 Å². The SMILES string of the molecule is CCCNc1ncnc(-c2nccn2C)c1CCC. The van der Waals surface area contributed by atoms with Crippen LogP contribution in [-0.4, -0.2) is 26.1 Å². The van der Waals surface area contributed by atoms with Crippen LogP contribution in [-0.2, 0) is 13.5 Å². The van der Waals surface area contributed by atoms with Crippen molar-refractivity contribution >= 4 is 5.82 Å². The first kappa shape index (κ1) is 13.5. The van der Waals surface area contributed by atoms with Gasteiger partial charge in [-0.05, 0) is 12.8 Å². The van der Waals surface area contributed by atoms with Crippen molar-refractivity contribution in [2.75, 3.05) is 11.9 Å². The highest BCUT2D eigenvalue weighted by Gasteiger charge is 2.15. The zero-order valence-corrected chi connectivity index (χ0v) is 11.8. The Balaban J connectivity index is 2.45. The lowest BCUT2D eigenvalue weighted by Gasteiger charge is -2.13. The van der Waals surface area contributed by atoms with Crippen LogP contribution in [0.3, 0.4) is 0 Å². The van der Waals surface area contributed by atoms with Crippen LogP contribution in [0.4, 0.5) is 5.82 Å². The molecule has 0 saturated heterocycles. The van der Waals surface area contributed by atoms with E-state index in [0.29, 0.717) is 0 Å². The molecule has 2 aromatic heterocycles. The number of hydrogen-bond acceptors (Lipinski definition) is 4. The quantitative estimate of drug-likeness (QED) is 0.866. The maximum Gasteiger partial charge on any atom is 0.158 e. The Labute approximate surface area is 114 Å². The van der Waals surface area contributed by atoms with Crippen molar-refractivity contribution in [3.8, 4) is 11.5 Å². The number of aromatic nitrogens is 4. The van der Waals surface area contributed by atoms with Crippen molar-refractivity contribution in [1.29, 1.82) is 0 Å². The van der Waals surface area contributed by atoms with Gasteiger partial charge in [0.25, 0.3) is 0 Å². The number of imidazole rings is 1. The van der Waals surface area contributed by atoms with Crippen molar-refractivity contribution < 1.29 is 0 Å². The normalized spacial score (nSPS) is 10.7. The number of hydrogen-bond donors (Lipinski definition) is 1. The summed E-state index contributed by atoms with van der Waals surface area (Å²) in [5, 5.41) is 3.38. The van der Waals surface area contributed by atoms with Crippen molar-refractivity contribution in [2.24, 2.45) is 7.05 Å². The lowest BCUT2D eigenvalue weighted by molar-refractivity contribution is 0.870. The van der Waals surface area contributed by atoms with E-state index in [1.54, 1.807) is 12.5 Å². The Morgan fingerprint density at radius 3 is 2.63 bits per heavy atom. The first-order chi connectivity index (χ1) is 9.27. The number of nitrogens with one attached hydrogen (secondary N) is 1. The van der Waals surface area contributed by atoms with Gasteiger partial charge < -0.3 is 9.88 Å². The molecule has 0 atom stereocenters. The van der Waals surface area contributed by atoms with Crippen molar-refractivity contribution in [1.82, 2.24) is 19.5 Å². The van der Waals surface area contributed by atoms with E-state index in [0.717, 1.165) is 48.7 Å². The molecule has 2 heterocycles. The number of nitrogens with zero attached hydrogens (tertiary/aromatic N) is 4.